The molecule has 1 saturated heterocycles. The minimum absolute atomic E-state index is 0.334. The molecule has 0 spiro atoms. The Bertz CT molecular complexity index is 310. The molecule has 2 rings (SSSR count). The van der Waals surface area contributed by atoms with Gasteiger partial charge in [-0.15, -0.1) is 0 Å². The van der Waals surface area contributed by atoms with Crippen LogP contribution in [0.5, 0.6) is 0 Å². The van der Waals surface area contributed by atoms with E-state index >= 15 is 0 Å². The Morgan fingerprint density at radius 2 is 2.40 bits per heavy atom. The normalized spacial score (nSPS) is 21.2. The Morgan fingerprint density at radius 3 is 3.13 bits per heavy atom. The van der Waals surface area contributed by atoms with Crippen molar-refractivity contribution in [1.29, 1.82) is 0 Å². The van der Waals surface area contributed by atoms with Gasteiger partial charge in [0.2, 0.25) is 0 Å². The summed E-state index contributed by atoms with van der Waals surface area (Å²) in [5.41, 5.74) is 7.28. The highest BCUT2D eigenvalue weighted by Gasteiger charge is 2.12. The Hall–Kier alpha value is -1.29. The average molecular weight is 207 g/mol. The second-order valence-corrected chi connectivity index (χ2v) is 3.88. The van der Waals surface area contributed by atoms with Crippen molar-refractivity contribution >= 4 is 11.4 Å². The van der Waals surface area contributed by atoms with E-state index in [0.717, 1.165) is 25.3 Å². The van der Waals surface area contributed by atoms with Crippen LogP contribution in [0.4, 0.5) is 11.4 Å². The first-order valence-corrected chi connectivity index (χ1v) is 5.40. The van der Waals surface area contributed by atoms with Crippen molar-refractivity contribution < 1.29 is 4.74 Å². The van der Waals surface area contributed by atoms with Crippen LogP contribution >= 0.6 is 0 Å². The predicted molar refractivity (Wildman–Crippen MR) is 60.7 cm³/mol. The van der Waals surface area contributed by atoms with Crippen molar-refractivity contribution in [3.63, 3.8) is 0 Å². The molecule has 1 aliphatic rings. The van der Waals surface area contributed by atoms with Gasteiger partial charge in [-0.2, -0.15) is 0 Å². The first kappa shape index (κ1) is 10.2. The largest absolute Gasteiger partial charge is 0.397 e. The molecule has 0 amide bonds. The maximum atomic E-state index is 5.63. The summed E-state index contributed by atoms with van der Waals surface area (Å²) in [7, 11) is 0. The van der Waals surface area contributed by atoms with E-state index in [1.807, 2.05) is 6.07 Å². The number of aromatic nitrogens is 1. The summed E-state index contributed by atoms with van der Waals surface area (Å²) in [5, 5.41) is 3.29. The lowest BCUT2D eigenvalue weighted by atomic mass is 10.1. The second kappa shape index (κ2) is 4.98. The third-order valence-corrected chi connectivity index (χ3v) is 2.57. The molecule has 0 radical (unpaired) electrons. The molecule has 1 fully saturated rings. The van der Waals surface area contributed by atoms with Crippen molar-refractivity contribution in [3.8, 4) is 0 Å². The summed E-state index contributed by atoms with van der Waals surface area (Å²) < 4.78 is 5.62. The zero-order chi connectivity index (χ0) is 10.5. The molecule has 0 saturated carbocycles. The van der Waals surface area contributed by atoms with Gasteiger partial charge in [0.05, 0.1) is 23.7 Å². The minimum Gasteiger partial charge on any atom is -0.397 e. The van der Waals surface area contributed by atoms with Gasteiger partial charge in [0.1, 0.15) is 0 Å². The smallest absolute Gasteiger partial charge is 0.0747 e. The van der Waals surface area contributed by atoms with E-state index in [0.29, 0.717) is 11.8 Å². The van der Waals surface area contributed by atoms with Gasteiger partial charge in [-0.3, -0.25) is 4.98 Å². The number of ether oxygens (including phenoxy) is 1. The summed E-state index contributed by atoms with van der Waals surface area (Å²) in [6, 6.07) is 1.88. The lowest BCUT2D eigenvalue weighted by Crippen LogP contribution is -2.27. The van der Waals surface area contributed by atoms with Crippen molar-refractivity contribution in [3.05, 3.63) is 18.5 Å². The molecule has 15 heavy (non-hydrogen) atoms. The van der Waals surface area contributed by atoms with Crippen molar-refractivity contribution in [2.45, 2.75) is 25.4 Å². The van der Waals surface area contributed by atoms with Gasteiger partial charge < -0.3 is 15.8 Å². The molecule has 1 atom stereocenters. The number of hydrogen-bond donors (Lipinski definition) is 2. The number of nitrogen functional groups attached to an aromatic ring is 1. The average Bonchev–Trinajstić information content (AvgIpc) is 2.28. The first-order valence-electron chi connectivity index (χ1n) is 5.40. The van der Waals surface area contributed by atoms with E-state index in [-0.39, 0.29) is 0 Å². The number of hydrogen-bond acceptors (Lipinski definition) is 4. The fraction of sp³-hybridized carbons (Fsp3) is 0.545. The first-order chi connectivity index (χ1) is 7.34. The fourth-order valence-corrected chi connectivity index (χ4v) is 1.75. The molecule has 3 N–H and O–H groups in total. The van der Waals surface area contributed by atoms with Crippen LogP contribution in [0, 0.1) is 0 Å². The van der Waals surface area contributed by atoms with Crippen molar-refractivity contribution in [2.75, 3.05) is 24.2 Å². The van der Waals surface area contributed by atoms with E-state index in [9.17, 15) is 0 Å². The molecule has 1 aliphatic heterocycles. The maximum absolute atomic E-state index is 5.63. The molecule has 4 heteroatoms. The Morgan fingerprint density at radius 1 is 1.47 bits per heavy atom. The van der Waals surface area contributed by atoms with Crippen LogP contribution in [0.1, 0.15) is 19.3 Å². The van der Waals surface area contributed by atoms with Crippen LogP contribution in [0.15, 0.2) is 18.5 Å². The van der Waals surface area contributed by atoms with Crippen LogP contribution in [0.25, 0.3) is 0 Å². The number of nitrogens with one attached hydrogen (secondary N) is 1. The van der Waals surface area contributed by atoms with Gasteiger partial charge in [-0.05, 0) is 25.3 Å². The van der Waals surface area contributed by atoms with Gasteiger partial charge in [0.15, 0.2) is 0 Å². The van der Waals surface area contributed by atoms with Gasteiger partial charge in [0.25, 0.3) is 0 Å². The van der Waals surface area contributed by atoms with Gasteiger partial charge in [0, 0.05) is 19.3 Å². The fourth-order valence-electron chi connectivity index (χ4n) is 1.75. The SMILES string of the molecule is Nc1cncc(NCC2CCCCO2)c1. The lowest BCUT2D eigenvalue weighted by Gasteiger charge is -2.23. The van der Waals surface area contributed by atoms with E-state index in [4.69, 9.17) is 10.5 Å². The molecule has 2 heterocycles. The van der Waals surface area contributed by atoms with Crippen LogP contribution < -0.4 is 11.1 Å². The molecular weight excluding hydrogens is 190 g/mol. The highest BCUT2D eigenvalue weighted by Crippen LogP contribution is 2.14. The summed E-state index contributed by atoms with van der Waals surface area (Å²) in [6.45, 7) is 1.73. The summed E-state index contributed by atoms with van der Waals surface area (Å²) in [5.74, 6) is 0. The quantitative estimate of drug-likeness (QED) is 0.791. The highest BCUT2D eigenvalue weighted by molar-refractivity contribution is 5.51. The Kier molecular flexibility index (Phi) is 3.40. The van der Waals surface area contributed by atoms with Gasteiger partial charge in [-0.25, -0.2) is 0 Å². The monoisotopic (exact) mass is 207 g/mol. The maximum Gasteiger partial charge on any atom is 0.0747 e. The van der Waals surface area contributed by atoms with Crippen LogP contribution in [0.2, 0.25) is 0 Å². The molecule has 4 nitrogen and oxygen atoms in total. The summed E-state index contributed by atoms with van der Waals surface area (Å²) in [4.78, 5) is 4.02. The molecule has 82 valence electrons. The minimum atomic E-state index is 0.334. The summed E-state index contributed by atoms with van der Waals surface area (Å²) in [6.07, 6.45) is 7.35. The molecular formula is C11H17N3O. The lowest BCUT2D eigenvalue weighted by molar-refractivity contribution is 0.0247. The zero-order valence-corrected chi connectivity index (χ0v) is 8.78. The van der Waals surface area contributed by atoms with Crippen LogP contribution in [0.3, 0.4) is 0 Å². The molecule has 0 aliphatic carbocycles. The van der Waals surface area contributed by atoms with E-state index in [2.05, 4.69) is 10.3 Å². The number of anilines is 2. The van der Waals surface area contributed by atoms with Crippen molar-refractivity contribution in [2.24, 2.45) is 0 Å². The molecule has 0 aromatic carbocycles. The number of pyridine rings is 1. The van der Waals surface area contributed by atoms with E-state index in [1.165, 1.54) is 12.8 Å². The number of rotatable bonds is 3. The third-order valence-electron chi connectivity index (χ3n) is 2.57. The number of nitrogens with zero attached hydrogens (tertiary/aromatic N) is 1. The highest BCUT2D eigenvalue weighted by atomic mass is 16.5. The third kappa shape index (κ3) is 3.09. The van der Waals surface area contributed by atoms with Gasteiger partial charge >= 0.3 is 0 Å². The topological polar surface area (TPSA) is 60.2 Å². The van der Waals surface area contributed by atoms with Crippen LogP contribution in [-0.4, -0.2) is 24.2 Å². The number of nitrogens with two attached hydrogens (primary N) is 1. The summed E-state index contributed by atoms with van der Waals surface area (Å²) >= 11 is 0. The Balaban J connectivity index is 1.81. The predicted octanol–water partition coefficient (Wildman–Crippen LogP) is 1.64. The van der Waals surface area contributed by atoms with Gasteiger partial charge in [-0.1, -0.05) is 0 Å². The second-order valence-electron chi connectivity index (χ2n) is 3.88. The molecule has 1 aromatic heterocycles. The molecule has 0 bridgehead atoms. The standard InChI is InChI=1S/C11H17N3O/c12-9-5-10(7-13-6-9)14-8-11-3-1-2-4-15-11/h5-7,11,14H,1-4,8,12H2. The molecule has 1 aromatic rings. The molecule has 1 unspecified atom stereocenters. The van der Waals surface area contributed by atoms with Crippen molar-refractivity contribution in [1.82, 2.24) is 4.98 Å². The Labute approximate surface area is 89.8 Å². The van der Waals surface area contributed by atoms with E-state index in [1.54, 1.807) is 12.4 Å². The van der Waals surface area contributed by atoms with E-state index < -0.39 is 0 Å². The van der Waals surface area contributed by atoms with Crippen LogP contribution in [-0.2, 0) is 4.74 Å². The zero-order valence-electron chi connectivity index (χ0n) is 8.78.